The van der Waals surface area contributed by atoms with Gasteiger partial charge in [0.25, 0.3) is 5.56 Å². The Bertz CT molecular complexity index is 1090. The van der Waals surface area contributed by atoms with Gasteiger partial charge in [-0.05, 0) is 51.0 Å². The van der Waals surface area contributed by atoms with Gasteiger partial charge in [-0.1, -0.05) is 30.3 Å². The van der Waals surface area contributed by atoms with Crippen LogP contribution < -0.4 is 16.2 Å². The topological polar surface area (TPSA) is 105 Å². The van der Waals surface area contributed by atoms with Crippen molar-refractivity contribution in [1.29, 1.82) is 0 Å². The number of amides is 2. The molecule has 0 unspecified atom stereocenters. The normalized spacial score (nSPS) is 13.0. The first-order chi connectivity index (χ1) is 14.6. The molecule has 1 aliphatic rings. The van der Waals surface area contributed by atoms with Gasteiger partial charge in [-0.3, -0.25) is 15.1 Å². The number of nitrogens with one attached hydrogen (secondary N) is 3. The molecule has 3 N–H and O–H groups in total. The van der Waals surface area contributed by atoms with Crippen LogP contribution in [0.2, 0.25) is 0 Å². The molecule has 1 aromatic carbocycles. The average molecular weight is 406 g/mol. The molecule has 1 aliphatic carbocycles. The first kappa shape index (κ1) is 19.9. The number of aromatic amines is 1. The van der Waals surface area contributed by atoms with E-state index in [9.17, 15) is 9.59 Å². The number of aryl methyl sites for hydroxylation is 3. The number of nitrogens with zero attached hydrogens (tertiary/aromatic N) is 3. The van der Waals surface area contributed by atoms with Crippen LogP contribution in [0, 0.1) is 6.92 Å². The van der Waals surface area contributed by atoms with Crippen LogP contribution in [-0.4, -0.2) is 32.3 Å². The molecule has 156 valence electrons. The summed E-state index contributed by atoms with van der Waals surface area (Å²) in [4.78, 5) is 32.2. The van der Waals surface area contributed by atoms with E-state index in [-0.39, 0.29) is 11.6 Å². The summed E-state index contributed by atoms with van der Waals surface area (Å²) >= 11 is 0. The highest BCUT2D eigenvalue weighted by Gasteiger charge is 2.18. The predicted octanol–water partition coefficient (Wildman–Crippen LogP) is 2.90. The number of rotatable bonds is 6. The third-order valence-electron chi connectivity index (χ3n) is 5.22. The van der Waals surface area contributed by atoms with Gasteiger partial charge in [0.1, 0.15) is 5.82 Å². The van der Waals surface area contributed by atoms with Crippen LogP contribution in [0.5, 0.6) is 0 Å². The van der Waals surface area contributed by atoms with Crippen LogP contribution in [0.25, 0.3) is 5.95 Å². The van der Waals surface area contributed by atoms with Crippen LogP contribution in [0.3, 0.4) is 0 Å². The van der Waals surface area contributed by atoms with Crippen molar-refractivity contribution in [1.82, 2.24) is 25.1 Å². The number of carbonyl (C=O) groups is 1. The number of fused-ring (bicyclic) bond motifs is 1. The number of urea groups is 1. The second-order valence-electron chi connectivity index (χ2n) is 7.57. The lowest BCUT2D eigenvalue weighted by molar-refractivity contribution is 0.252. The monoisotopic (exact) mass is 406 g/mol. The summed E-state index contributed by atoms with van der Waals surface area (Å²) in [6, 6.07) is 11.6. The Hall–Kier alpha value is -3.42. The molecule has 30 heavy (non-hydrogen) atoms. The van der Waals surface area contributed by atoms with Crippen LogP contribution in [0.15, 0.2) is 41.2 Å². The zero-order valence-electron chi connectivity index (χ0n) is 17.1. The van der Waals surface area contributed by atoms with E-state index in [4.69, 9.17) is 0 Å². The minimum atomic E-state index is -0.315. The summed E-state index contributed by atoms with van der Waals surface area (Å²) in [5, 5.41) is 10.1. The minimum Gasteiger partial charge on any atom is -0.338 e. The van der Waals surface area contributed by atoms with Gasteiger partial charge < -0.3 is 5.32 Å². The van der Waals surface area contributed by atoms with E-state index >= 15 is 0 Å². The molecule has 8 nitrogen and oxygen atoms in total. The lowest BCUT2D eigenvalue weighted by Crippen LogP contribution is -2.31. The highest BCUT2D eigenvalue weighted by Crippen LogP contribution is 2.19. The number of hydrogen-bond acceptors (Lipinski definition) is 4. The van der Waals surface area contributed by atoms with Crippen LogP contribution in [0.1, 0.15) is 41.8 Å². The molecule has 0 fully saturated rings. The number of anilines is 1. The second-order valence-corrected chi connectivity index (χ2v) is 7.57. The molecule has 0 aliphatic heterocycles. The standard InChI is InChI=1S/C22H26N6O2/c1-15-14-19(25-22(30)23-13-7-10-16-8-3-2-4-9-16)28(27-15)21-24-18-12-6-5-11-17(18)20(29)26-21/h2-4,8-9,14H,5-7,10-13H2,1H3,(H2,23,25,30)(H,24,26,29). The molecule has 2 amide bonds. The first-order valence-corrected chi connectivity index (χ1v) is 10.4. The van der Waals surface area contributed by atoms with E-state index < -0.39 is 0 Å². The summed E-state index contributed by atoms with van der Waals surface area (Å²) in [6.45, 7) is 2.39. The first-order valence-electron chi connectivity index (χ1n) is 10.4. The molecule has 3 aromatic rings. The van der Waals surface area contributed by atoms with Gasteiger partial charge in [0, 0.05) is 18.2 Å². The van der Waals surface area contributed by atoms with Gasteiger partial charge >= 0.3 is 6.03 Å². The fraction of sp³-hybridized carbons (Fsp3) is 0.364. The average Bonchev–Trinajstić information content (AvgIpc) is 3.12. The molecule has 0 saturated heterocycles. The van der Waals surface area contributed by atoms with Crippen molar-refractivity contribution in [3.8, 4) is 5.95 Å². The fourth-order valence-electron chi connectivity index (χ4n) is 3.74. The highest BCUT2D eigenvalue weighted by atomic mass is 16.2. The summed E-state index contributed by atoms with van der Waals surface area (Å²) in [5.41, 5.74) is 3.42. The van der Waals surface area contributed by atoms with Gasteiger partial charge in [-0.15, -0.1) is 0 Å². The Morgan fingerprint density at radius 2 is 2.00 bits per heavy atom. The zero-order valence-corrected chi connectivity index (χ0v) is 17.1. The van der Waals surface area contributed by atoms with E-state index in [1.54, 1.807) is 6.07 Å². The Morgan fingerprint density at radius 1 is 1.20 bits per heavy atom. The van der Waals surface area contributed by atoms with E-state index in [1.807, 2.05) is 25.1 Å². The van der Waals surface area contributed by atoms with E-state index in [2.05, 4.69) is 37.8 Å². The Labute approximate surface area is 174 Å². The van der Waals surface area contributed by atoms with Crippen LogP contribution in [-0.2, 0) is 19.3 Å². The lowest BCUT2D eigenvalue weighted by atomic mass is 9.97. The quantitative estimate of drug-likeness (QED) is 0.548. The molecule has 2 aromatic heterocycles. The zero-order chi connectivity index (χ0) is 20.9. The van der Waals surface area contributed by atoms with Gasteiger partial charge in [0.05, 0.1) is 11.4 Å². The minimum absolute atomic E-state index is 0.126. The number of hydrogen-bond donors (Lipinski definition) is 3. The van der Waals surface area contributed by atoms with Crippen molar-refractivity contribution in [2.45, 2.75) is 45.4 Å². The summed E-state index contributed by atoms with van der Waals surface area (Å²) < 4.78 is 1.48. The van der Waals surface area contributed by atoms with Crippen molar-refractivity contribution in [2.24, 2.45) is 0 Å². The SMILES string of the molecule is Cc1cc(NC(=O)NCCCc2ccccc2)n(-c2nc3c(c(=O)[nH]2)CCCC3)n1. The molecule has 0 saturated carbocycles. The predicted molar refractivity (Wildman–Crippen MR) is 115 cm³/mol. The summed E-state index contributed by atoms with van der Waals surface area (Å²) in [6.07, 6.45) is 5.32. The molecular formula is C22H26N6O2. The summed E-state index contributed by atoms with van der Waals surface area (Å²) in [5.74, 6) is 0.792. The maximum Gasteiger partial charge on any atom is 0.320 e. The van der Waals surface area contributed by atoms with Crippen LogP contribution in [0.4, 0.5) is 10.6 Å². The van der Waals surface area contributed by atoms with E-state index in [1.165, 1.54) is 10.2 Å². The number of H-pyrrole nitrogens is 1. The molecule has 0 bridgehead atoms. The third kappa shape index (κ3) is 4.59. The van der Waals surface area contributed by atoms with E-state index in [0.29, 0.717) is 18.3 Å². The molecule has 4 rings (SSSR count). The van der Waals surface area contributed by atoms with Gasteiger partial charge in [-0.25, -0.2) is 9.78 Å². The molecule has 0 atom stereocenters. The van der Waals surface area contributed by atoms with Crippen LogP contribution >= 0.6 is 0 Å². The fourth-order valence-corrected chi connectivity index (χ4v) is 3.74. The maximum atomic E-state index is 12.5. The Morgan fingerprint density at radius 3 is 2.83 bits per heavy atom. The van der Waals surface area contributed by atoms with Gasteiger partial charge in [0.2, 0.25) is 5.95 Å². The highest BCUT2D eigenvalue weighted by molar-refractivity contribution is 5.88. The maximum absolute atomic E-state index is 12.5. The van der Waals surface area contributed by atoms with Crippen molar-refractivity contribution in [3.63, 3.8) is 0 Å². The van der Waals surface area contributed by atoms with Crippen molar-refractivity contribution >= 4 is 11.8 Å². The molecule has 2 heterocycles. The molecule has 0 radical (unpaired) electrons. The lowest BCUT2D eigenvalue weighted by Gasteiger charge is -2.15. The van der Waals surface area contributed by atoms with Crippen molar-refractivity contribution < 1.29 is 4.79 Å². The van der Waals surface area contributed by atoms with Crippen molar-refractivity contribution in [3.05, 3.63) is 69.3 Å². The van der Waals surface area contributed by atoms with Crippen molar-refractivity contribution in [2.75, 3.05) is 11.9 Å². The largest absolute Gasteiger partial charge is 0.338 e. The molecule has 0 spiro atoms. The van der Waals surface area contributed by atoms with Gasteiger partial charge in [0.15, 0.2) is 0 Å². The second kappa shape index (κ2) is 8.94. The third-order valence-corrected chi connectivity index (χ3v) is 5.22. The number of aromatic nitrogens is 4. The van der Waals surface area contributed by atoms with E-state index in [0.717, 1.165) is 55.5 Å². The number of carbonyl (C=O) groups excluding carboxylic acids is 1. The molecular weight excluding hydrogens is 380 g/mol. The van der Waals surface area contributed by atoms with Gasteiger partial charge in [-0.2, -0.15) is 9.78 Å². The molecule has 8 heteroatoms. The number of benzene rings is 1. The smallest absolute Gasteiger partial charge is 0.320 e. The Kier molecular flexibility index (Phi) is 5.92. The Balaban J connectivity index is 1.41. The summed E-state index contributed by atoms with van der Waals surface area (Å²) in [7, 11) is 0.